The van der Waals surface area contributed by atoms with Crippen molar-refractivity contribution in [2.75, 3.05) is 0 Å². The fraction of sp³-hybridized carbons (Fsp3) is 0.333. The van der Waals surface area contributed by atoms with Gasteiger partial charge in [0, 0.05) is 0 Å². The lowest BCUT2D eigenvalue weighted by Gasteiger charge is -2.25. The van der Waals surface area contributed by atoms with E-state index in [4.69, 9.17) is 0 Å². The van der Waals surface area contributed by atoms with E-state index in [9.17, 15) is 8.78 Å². The van der Waals surface area contributed by atoms with E-state index in [-0.39, 0.29) is 11.6 Å². The molecule has 0 atom stereocenters. The first kappa shape index (κ1) is 15.6. The first-order valence-electron chi connectivity index (χ1n) is 7.70. The van der Waals surface area contributed by atoms with Crippen molar-refractivity contribution < 1.29 is 8.78 Å². The molecule has 1 aliphatic rings. The van der Waals surface area contributed by atoms with Crippen LogP contribution in [0.2, 0.25) is 39.3 Å². The minimum Gasteiger partial charge on any atom is -0.207 e. The van der Waals surface area contributed by atoms with Crippen molar-refractivity contribution in [3.8, 4) is 0 Å². The normalized spacial score (nSPS) is 13.5. The molecule has 0 amide bonds. The molecular weight excluding hydrogens is 310 g/mol. The molecule has 1 aliphatic carbocycles. The number of rotatable bonds is 2. The molecule has 0 N–H and O–H groups in total. The van der Waals surface area contributed by atoms with Crippen LogP contribution in [0.1, 0.15) is 0 Å². The van der Waals surface area contributed by atoms with E-state index in [0.717, 1.165) is 31.2 Å². The highest BCUT2D eigenvalue weighted by Crippen LogP contribution is 2.19. The molecule has 0 aromatic heterocycles. The summed E-state index contributed by atoms with van der Waals surface area (Å²) in [6.45, 7) is 13.0. The predicted octanol–water partition coefficient (Wildman–Crippen LogP) is 3.94. The zero-order valence-corrected chi connectivity index (χ0v) is 16.1. The molecule has 22 heavy (non-hydrogen) atoms. The molecule has 4 heteroatoms. The van der Waals surface area contributed by atoms with Crippen LogP contribution in [-0.4, -0.2) is 16.1 Å². The van der Waals surface area contributed by atoms with Crippen molar-refractivity contribution in [2.24, 2.45) is 0 Å². The summed E-state index contributed by atoms with van der Waals surface area (Å²) in [5.41, 5.74) is 0. The molecule has 2 aromatic rings. The maximum absolute atomic E-state index is 14.4. The Hall–Kier alpha value is -1.27. The molecule has 116 valence electrons. The summed E-state index contributed by atoms with van der Waals surface area (Å²) in [4.78, 5) is 0. The van der Waals surface area contributed by atoms with Gasteiger partial charge in [-0.1, -0.05) is 51.4 Å². The summed E-state index contributed by atoms with van der Waals surface area (Å²) in [6, 6.07) is 6.79. The maximum atomic E-state index is 14.4. The molecule has 0 spiro atoms. The molecule has 0 aliphatic heterocycles. The molecule has 0 saturated heterocycles. The SMILES string of the molecule is C[Si](C)(C)c1c(F)ccc2c1=c1ccc(F)c([Si](C)(C)C)c1=2. The summed E-state index contributed by atoms with van der Waals surface area (Å²) in [5.74, 6) is -0.218. The smallest absolute Gasteiger partial charge is 0.123 e. The fourth-order valence-corrected chi connectivity index (χ4v) is 7.17. The summed E-state index contributed by atoms with van der Waals surface area (Å²) in [5, 5.41) is 5.93. The number of benzene rings is 2. The fourth-order valence-electron chi connectivity index (χ4n) is 3.53. The Balaban J connectivity index is 2.57. The molecule has 0 nitrogen and oxygen atoms in total. The van der Waals surface area contributed by atoms with Gasteiger partial charge in [0.1, 0.15) is 11.6 Å². The van der Waals surface area contributed by atoms with Crippen LogP contribution >= 0.6 is 0 Å². The topological polar surface area (TPSA) is 0 Å². The number of halogens is 2. The zero-order chi connectivity index (χ0) is 16.4. The summed E-state index contributed by atoms with van der Waals surface area (Å²) >= 11 is 0. The quantitative estimate of drug-likeness (QED) is 0.624. The van der Waals surface area contributed by atoms with E-state index < -0.39 is 16.1 Å². The minimum atomic E-state index is -1.81. The Bertz CT molecular complexity index is 860. The molecule has 0 bridgehead atoms. The van der Waals surface area contributed by atoms with Gasteiger partial charge in [0.15, 0.2) is 0 Å². The van der Waals surface area contributed by atoms with Crippen molar-refractivity contribution in [3.63, 3.8) is 0 Å². The average Bonchev–Trinajstić information content (AvgIpc) is 2.33. The predicted molar refractivity (Wildman–Crippen MR) is 94.1 cm³/mol. The molecule has 0 fully saturated rings. The van der Waals surface area contributed by atoms with Crippen LogP contribution in [0.3, 0.4) is 0 Å². The van der Waals surface area contributed by atoms with Crippen LogP contribution in [0.25, 0.3) is 0 Å². The Kier molecular flexibility index (Phi) is 3.28. The zero-order valence-electron chi connectivity index (χ0n) is 14.1. The van der Waals surface area contributed by atoms with E-state index in [1.165, 1.54) is 0 Å². The van der Waals surface area contributed by atoms with Gasteiger partial charge in [-0.05, 0) is 43.4 Å². The third-order valence-corrected chi connectivity index (χ3v) is 8.33. The maximum Gasteiger partial charge on any atom is 0.123 e. The highest BCUT2D eigenvalue weighted by molar-refractivity contribution is 6.89. The standard InChI is InChI=1S/C18H22F2Si2/c1-21(2,3)17-13(19)9-7-11-15(17)12-8-10-14(20)18(16(11)12)22(4,5)6/h7-10H,1-6H3. The third-order valence-electron chi connectivity index (χ3n) is 4.35. The summed E-state index contributed by atoms with van der Waals surface area (Å²) < 4.78 is 28.9. The van der Waals surface area contributed by atoms with E-state index in [0.29, 0.717) is 0 Å². The molecule has 0 unspecified atom stereocenters. The first-order chi connectivity index (χ1) is 10.0. The molecular formula is C18H22F2Si2. The lowest BCUT2D eigenvalue weighted by Crippen LogP contribution is -2.45. The van der Waals surface area contributed by atoms with Crippen molar-refractivity contribution >= 4 is 26.5 Å². The van der Waals surface area contributed by atoms with E-state index >= 15 is 0 Å². The van der Waals surface area contributed by atoms with Gasteiger partial charge in [-0.3, -0.25) is 0 Å². The van der Waals surface area contributed by atoms with Gasteiger partial charge >= 0.3 is 0 Å². The Morgan fingerprint density at radius 2 is 0.909 bits per heavy atom. The molecule has 2 aromatic carbocycles. The second-order valence-corrected chi connectivity index (χ2v) is 18.2. The monoisotopic (exact) mass is 332 g/mol. The van der Waals surface area contributed by atoms with Gasteiger partial charge in [0.2, 0.25) is 0 Å². The van der Waals surface area contributed by atoms with Crippen molar-refractivity contribution in [1.82, 2.24) is 0 Å². The minimum absolute atomic E-state index is 0.109. The Morgan fingerprint density at radius 1 is 0.591 bits per heavy atom. The second kappa shape index (κ2) is 4.62. The first-order valence-corrected chi connectivity index (χ1v) is 14.7. The number of hydrogen-bond acceptors (Lipinski definition) is 0. The second-order valence-electron chi connectivity index (χ2n) is 8.19. The lowest BCUT2D eigenvalue weighted by atomic mass is 10.0. The molecule has 3 rings (SSSR count). The summed E-state index contributed by atoms with van der Waals surface area (Å²) in [6.07, 6.45) is 0. The number of fused-ring (bicyclic) bond motifs is 2. The van der Waals surface area contributed by atoms with E-state index in [1.54, 1.807) is 12.1 Å². The van der Waals surface area contributed by atoms with Gasteiger partial charge in [0.05, 0.1) is 16.1 Å². The highest BCUT2D eigenvalue weighted by Gasteiger charge is 2.28. The average molecular weight is 333 g/mol. The van der Waals surface area contributed by atoms with Crippen molar-refractivity contribution in [1.29, 1.82) is 0 Å². The van der Waals surface area contributed by atoms with Gasteiger partial charge in [-0.25, -0.2) is 8.78 Å². The largest absolute Gasteiger partial charge is 0.207 e. The Labute approximate surface area is 131 Å². The highest BCUT2D eigenvalue weighted by atomic mass is 28.3. The van der Waals surface area contributed by atoms with E-state index in [1.807, 2.05) is 12.1 Å². The van der Waals surface area contributed by atoms with Crippen LogP contribution in [0.15, 0.2) is 24.3 Å². The van der Waals surface area contributed by atoms with E-state index in [2.05, 4.69) is 39.3 Å². The Morgan fingerprint density at radius 3 is 1.18 bits per heavy atom. The van der Waals surface area contributed by atoms with Crippen LogP contribution < -0.4 is 10.4 Å². The van der Waals surface area contributed by atoms with Crippen LogP contribution in [0, 0.1) is 32.5 Å². The molecule has 0 heterocycles. The van der Waals surface area contributed by atoms with Crippen molar-refractivity contribution in [2.45, 2.75) is 39.3 Å². The van der Waals surface area contributed by atoms with Gasteiger partial charge in [0.25, 0.3) is 0 Å². The lowest BCUT2D eigenvalue weighted by molar-refractivity contribution is 0.631. The third kappa shape index (κ3) is 2.12. The molecule has 0 radical (unpaired) electrons. The van der Waals surface area contributed by atoms with Gasteiger partial charge in [-0.15, -0.1) is 0 Å². The van der Waals surface area contributed by atoms with Crippen molar-refractivity contribution in [3.05, 3.63) is 56.8 Å². The van der Waals surface area contributed by atoms with Crippen LogP contribution in [0.5, 0.6) is 0 Å². The summed E-state index contributed by atoms with van der Waals surface area (Å²) in [7, 11) is -3.61. The van der Waals surface area contributed by atoms with Gasteiger partial charge in [-0.2, -0.15) is 0 Å². The van der Waals surface area contributed by atoms with Crippen LogP contribution in [0.4, 0.5) is 8.78 Å². The molecule has 0 saturated carbocycles. The number of hydrogen-bond donors (Lipinski definition) is 0. The van der Waals surface area contributed by atoms with Crippen LogP contribution in [-0.2, 0) is 0 Å². The van der Waals surface area contributed by atoms with Gasteiger partial charge < -0.3 is 0 Å².